The van der Waals surface area contributed by atoms with Gasteiger partial charge in [-0.25, -0.2) is 4.39 Å². The van der Waals surface area contributed by atoms with Crippen LogP contribution in [-0.2, 0) is 13.0 Å². The summed E-state index contributed by atoms with van der Waals surface area (Å²) in [5.41, 5.74) is 1.95. The summed E-state index contributed by atoms with van der Waals surface area (Å²) in [6.07, 6.45) is 0.672. The number of hydrogen-bond donors (Lipinski definition) is 0. The van der Waals surface area contributed by atoms with Crippen molar-refractivity contribution in [3.63, 3.8) is 0 Å². The van der Waals surface area contributed by atoms with Gasteiger partial charge in [-0.05, 0) is 41.3 Å². The molecule has 2 nitrogen and oxygen atoms in total. The zero-order valence-corrected chi connectivity index (χ0v) is 8.22. The summed E-state index contributed by atoms with van der Waals surface area (Å²) in [5, 5.41) is -0.444. The second kappa shape index (κ2) is 3.58. The summed E-state index contributed by atoms with van der Waals surface area (Å²) in [6.45, 7) is 1.05. The third-order valence-corrected chi connectivity index (χ3v) is 2.67. The number of rotatable bonds is 0. The van der Waals surface area contributed by atoms with Crippen LogP contribution in [0.3, 0.4) is 0 Å². The van der Waals surface area contributed by atoms with Crippen molar-refractivity contribution in [1.82, 2.24) is 4.90 Å². The van der Waals surface area contributed by atoms with Gasteiger partial charge in [0.15, 0.2) is 0 Å². The van der Waals surface area contributed by atoms with E-state index < -0.39 is 5.37 Å². The van der Waals surface area contributed by atoms with E-state index in [1.807, 2.05) is 0 Å². The van der Waals surface area contributed by atoms with E-state index in [4.69, 9.17) is 11.6 Å². The topological polar surface area (TPSA) is 20.3 Å². The van der Waals surface area contributed by atoms with Crippen LogP contribution in [0, 0.1) is 5.82 Å². The van der Waals surface area contributed by atoms with Gasteiger partial charge in [0.05, 0.1) is 0 Å². The molecule has 4 heteroatoms. The third-order valence-electron chi connectivity index (χ3n) is 2.43. The van der Waals surface area contributed by atoms with Gasteiger partial charge in [-0.15, -0.1) is 0 Å². The number of fused-ring (bicyclic) bond motifs is 1. The van der Waals surface area contributed by atoms with Gasteiger partial charge in [0, 0.05) is 13.1 Å². The van der Waals surface area contributed by atoms with E-state index in [9.17, 15) is 9.18 Å². The molecule has 1 aliphatic rings. The summed E-state index contributed by atoms with van der Waals surface area (Å²) >= 11 is 5.37. The predicted octanol–water partition coefficient (Wildman–Crippen LogP) is 2.54. The quantitative estimate of drug-likeness (QED) is 0.479. The molecule has 0 bridgehead atoms. The Morgan fingerprint density at radius 1 is 1.43 bits per heavy atom. The molecule has 0 saturated heterocycles. The van der Waals surface area contributed by atoms with Crippen molar-refractivity contribution in [2.24, 2.45) is 0 Å². The maximum absolute atomic E-state index is 12.8. The molecule has 1 aromatic rings. The fourth-order valence-corrected chi connectivity index (χ4v) is 1.82. The largest absolute Gasteiger partial charge is 0.325 e. The number of benzene rings is 1. The standard InChI is InChI=1S/C10H9ClFNO/c11-10(14)13-4-3-7-5-9(12)2-1-8(7)6-13/h1-2,5H,3-4,6H2. The molecule has 0 atom stereocenters. The zero-order valence-electron chi connectivity index (χ0n) is 7.46. The average Bonchev–Trinajstić information content (AvgIpc) is 2.16. The minimum absolute atomic E-state index is 0.227. The second-order valence-electron chi connectivity index (χ2n) is 3.34. The molecule has 0 saturated carbocycles. The Bertz CT molecular complexity index is 380. The molecule has 1 heterocycles. The molecule has 0 aliphatic carbocycles. The normalized spacial score (nSPS) is 15.1. The number of amides is 1. The summed E-state index contributed by atoms with van der Waals surface area (Å²) in [4.78, 5) is 12.4. The summed E-state index contributed by atoms with van der Waals surface area (Å²) in [5.74, 6) is -0.227. The van der Waals surface area contributed by atoms with Gasteiger partial charge in [-0.3, -0.25) is 4.79 Å². The first kappa shape index (κ1) is 9.46. The van der Waals surface area contributed by atoms with Crippen LogP contribution in [0.2, 0.25) is 0 Å². The molecule has 1 aliphatic heterocycles. The van der Waals surface area contributed by atoms with Crippen molar-refractivity contribution in [3.8, 4) is 0 Å². The molecule has 0 fully saturated rings. The molecule has 0 unspecified atom stereocenters. The summed E-state index contributed by atoms with van der Waals surface area (Å²) in [6, 6.07) is 4.63. The molecular formula is C10H9ClFNO. The molecule has 0 spiro atoms. The smallest absolute Gasteiger partial charge is 0.316 e. The lowest BCUT2D eigenvalue weighted by Crippen LogP contribution is -2.32. The van der Waals surface area contributed by atoms with Crippen molar-refractivity contribution >= 4 is 17.0 Å². The van der Waals surface area contributed by atoms with Gasteiger partial charge in [-0.1, -0.05) is 6.07 Å². The Kier molecular flexibility index (Phi) is 2.42. The van der Waals surface area contributed by atoms with Crippen LogP contribution < -0.4 is 0 Å². The Morgan fingerprint density at radius 3 is 2.93 bits per heavy atom. The van der Waals surface area contributed by atoms with E-state index in [0.717, 1.165) is 11.1 Å². The highest BCUT2D eigenvalue weighted by molar-refractivity contribution is 6.62. The molecule has 1 aromatic carbocycles. The highest BCUT2D eigenvalue weighted by Crippen LogP contribution is 2.20. The molecule has 14 heavy (non-hydrogen) atoms. The fraction of sp³-hybridized carbons (Fsp3) is 0.300. The van der Waals surface area contributed by atoms with Crippen LogP contribution in [0.25, 0.3) is 0 Å². The van der Waals surface area contributed by atoms with Crippen molar-refractivity contribution in [2.75, 3.05) is 6.54 Å². The molecule has 74 valence electrons. The summed E-state index contributed by atoms with van der Waals surface area (Å²) < 4.78 is 12.8. The predicted molar refractivity (Wildman–Crippen MR) is 51.8 cm³/mol. The van der Waals surface area contributed by atoms with Crippen molar-refractivity contribution < 1.29 is 9.18 Å². The Hall–Kier alpha value is -1.09. The summed E-state index contributed by atoms with van der Waals surface area (Å²) in [7, 11) is 0. The first-order valence-corrected chi connectivity index (χ1v) is 4.76. The lowest BCUT2D eigenvalue weighted by molar-refractivity contribution is 0.216. The first-order valence-electron chi connectivity index (χ1n) is 4.38. The lowest BCUT2D eigenvalue weighted by atomic mass is 10.0. The molecule has 0 radical (unpaired) electrons. The van der Waals surface area contributed by atoms with Gasteiger partial charge in [-0.2, -0.15) is 0 Å². The van der Waals surface area contributed by atoms with Crippen molar-refractivity contribution in [1.29, 1.82) is 0 Å². The van der Waals surface area contributed by atoms with Crippen LogP contribution in [0.5, 0.6) is 0 Å². The Balaban J connectivity index is 2.27. The number of carbonyl (C=O) groups excluding carboxylic acids is 1. The van der Waals surface area contributed by atoms with E-state index in [1.165, 1.54) is 12.1 Å². The van der Waals surface area contributed by atoms with E-state index in [1.54, 1.807) is 11.0 Å². The van der Waals surface area contributed by atoms with E-state index in [2.05, 4.69) is 0 Å². The minimum Gasteiger partial charge on any atom is -0.325 e. The van der Waals surface area contributed by atoms with Crippen LogP contribution in [-0.4, -0.2) is 16.8 Å². The van der Waals surface area contributed by atoms with Gasteiger partial charge in [0.1, 0.15) is 5.82 Å². The first-order chi connectivity index (χ1) is 6.66. The molecule has 2 rings (SSSR count). The van der Waals surface area contributed by atoms with Crippen LogP contribution in [0.15, 0.2) is 18.2 Å². The molecular weight excluding hydrogens is 205 g/mol. The van der Waals surface area contributed by atoms with E-state index in [0.29, 0.717) is 19.5 Å². The maximum atomic E-state index is 12.8. The van der Waals surface area contributed by atoms with Crippen LogP contribution in [0.4, 0.5) is 9.18 Å². The maximum Gasteiger partial charge on any atom is 0.316 e. The molecule has 1 amide bonds. The second-order valence-corrected chi connectivity index (χ2v) is 3.66. The Morgan fingerprint density at radius 2 is 2.21 bits per heavy atom. The number of hydrogen-bond acceptors (Lipinski definition) is 1. The number of carbonyl (C=O) groups is 1. The van der Waals surface area contributed by atoms with Crippen LogP contribution >= 0.6 is 11.6 Å². The van der Waals surface area contributed by atoms with Gasteiger partial charge < -0.3 is 4.90 Å². The highest BCUT2D eigenvalue weighted by Gasteiger charge is 2.19. The molecule has 0 aromatic heterocycles. The van der Waals surface area contributed by atoms with Gasteiger partial charge in [0.25, 0.3) is 0 Å². The number of nitrogens with zero attached hydrogens (tertiary/aromatic N) is 1. The number of halogens is 2. The SMILES string of the molecule is O=C(Cl)N1CCc2cc(F)ccc2C1. The van der Waals surface area contributed by atoms with E-state index in [-0.39, 0.29) is 5.82 Å². The minimum atomic E-state index is -0.444. The molecule has 0 N–H and O–H groups in total. The fourth-order valence-electron chi connectivity index (χ4n) is 1.67. The van der Waals surface area contributed by atoms with Gasteiger partial charge >= 0.3 is 5.37 Å². The van der Waals surface area contributed by atoms with Crippen molar-refractivity contribution in [3.05, 3.63) is 35.1 Å². The zero-order chi connectivity index (χ0) is 10.1. The lowest BCUT2D eigenvalue weighted by Gasteiger charge is -2.26. The van der Waals surface area contributed by atoms with E-state index >= 15 is 0 Å². The highest BCUT2D eigenvalue weighted by atomic mass is 35.5. The average molecular weight is 214 g/mol. The van der Waals surface area contributed by atoms with Crippen LogP contribution in [0.1, 0.15) is 11.1 Å². The Labute approximate surface area is 86.3 Å². The van der Waals surface area contributed by atoms with Crippen molar-refractivity contribution in [2.45, 2.75) is 13.0 Å². The monoisotopic (exact) mass is 213 g/mol. The third kappa shape index (κ3) is 1.73. The van der Waals surface area contributed by atoms with Gasteiger partial charge in [0.2, 0.25) is 0 Å².